The lowest BCUT2D eigenvalue weighted by atomic mass is 9.98. The van der Waals surface area contributed by atoms with Gasteiger partial charge in [-0.3, -0.25) is 4.79 Å². The third-order valence-electron chi connectivity index (χ3n) is 6.70. The highest BCUT2D eigenvalue weighted by Gasteiger charge is 2.33. The lowest BCUT2D eigenvalue weighted by Crippen LogP contribution is -2.42. The van der Waals surface area contributed by atoms with Gasteiger partial charge in [0.1, 0.15) is 0 Å². The molecule has 13 heteroatoms. The molecule has 37 heavy (non-hydrogen) atoms. The van der Waals surface area contributed by atoms with Gasteiger partial charge in [0.05, 0.1) is 25.5 Å². The number of nitrogens with zero attached hydrogens (tertiary/aromatic N) is 6. The lowest BCUT2D eigenvalue weighted by Gasteiger charge is -2.30. The Bertz CT molecular complexity index is 1000. The Hall–Kier alpha value is -3.09. The number of alkyl halides is 2. The highest BCUT2D eigenvalue weighted by atomic mass is 19.3. The molecule has 2 aromatic rings. The number of nitrogens with two attached hydrogens (primary N) is 1. The Balaban J connectivity index is 0.000000301. The van der Waals surface area contributed by atoms with Gasteiger partial charge in [-0.05, 0) is 25.2 Å². The van der Waals surface area contributed by atoms with Crippen molar-refractivity contribution in [3.63, 3.8) is 0 Å². The highest BCUT2D eigenvalue weighted by Crippen LogP contribution is 2.25. The van der Waals surface area contributed by atoms with Crippen LogP contribution in [0.1, 0.15) is 57.7 Å². The molecular weight excluding hydrogens is 486 g/mol. The molecule has 2 aromatic heterocycles. The molecule has 1 unspecified atom stereocenters. The molecule has 0 radical (unpaired) electrons. The summed E-state index contributed by atoms with van der Waals surface area (Å²) in [6.45, 7) is 7.84. The number of rotatable bonds is 6. The zero-order valence-corrected chi connectivity index (χ0v) is 21.4. The van der Waals surface area contributed by atoms with Crippen molar-refractivity contribution >= 4 is 17.9 Å². The molecule has 1 atom stereocenters. The number of nitrogens with one attached hydrogen (secondary N) is 1. The van der Waals surface area contributed by atoms with Crippen LogP contribution in [0, 0.1) is 5.92 Å². The first-order chi connectivity index (χ1) is 17.7. The molecule has 3 saturated heterocycles. The third-order valence-corrected chi connectivity index (χ3v) is 6.70. The molecule has 3 fully saturated rings. The van der Waals surface area contributed by atoms with Gasteiger partial charge in [0, 0.05) is 51.0 Å². The average molecular weight is 523 g/mol. The molecule has 0 aromatic carbocycles. The summed E-state index contributed by atoms with van der Waals surface area (Å²) in [5.74, 6) is 0.0375. The number of anilines is 2. The van der Waals surface area contributed by atoms with E-state index in [4.69, 9.17) is 15.0 Å². The first kappa shape index (κ1) is 27.0. The maximum Gasteiger partial charge on any atom is 0.324 e. The molecule has 0 bridgehead atoms. The van der Waals surface area contributed by atoms with E-state index < -0.39 is 12.5 Å². The second-order valence-electron chi connectivity index (χ2n) is 10.2. The van der Waals surface area contributed by atoms with E-state index in [1.165, 1.54) is 0 Å². The van der Waals surface area contributed by atoms with Crippen molar-refractivity contribution in [2.75, 3.05) is 49.1 Å². The maximum atomic E-state index is 12.2. The van der Waals surface area contributed by atoms with E-state index in [0.717, 1.165) is 57.2 Å². The van der Waals surface area contributed by atoms with Crippen molar-refractivity contribution in [3.05, 3.63) is 18.2 Å². The molecule has 0 aliphatic carbocycles. The molecule has 5 rings (SSSR count). The first-order valence-electron chi connectivity index (χ1n) is 12.9. The maximum absolute atomic E-state index is 12.2. The van der Waals surface area contributed by atoms with Crippen LogP contribution in [0.15, 0.2) is 16.9 Å². The second-order valence-corrected chi connectivity index (χ2v) is 10.2. The SMILES string of the molecule is CC(C)c1noc(N2CCC(COc3cnc(N4CCC(N)C4)nc3)CC2)n1.O=C1CCC(F)(F)CN1. The predicted octanol–water partition coefficient (Wildman–Crippen LogP) is 2.35. The monoisotopic (exact) mass is 522 g/mol. The standard InChI is InChI=1S/C19H29N7O2.C5H7F2NO/c1-13(2)17-23-19(28-24-17)25-6-3-14(4-7-25)12-27-16-9-21-18(22-10-16)26-8-5-15(20)11-26;6-5(7)2-1-4(9)8-3-5/h9-10,13-15H,3-8,11-12,20H2,1-2H3;1-3H2,(H,8,9). The molecule has 204 valence electrons. The fourth-order valence-corrected chi connectivity index (χ4v) is 4.31. The van der Waals surface area contributed by atoms with Gasteiger partial charge in [-0.15, -0.1) is 0 Å². The summed E-state index contributed by atoms with van der Waals surface area (Å²) in [6.07, 6.45) is 6.21. The lowest BCUT2D eigenvalue weighted by molar-refractivity contribution is -0.129. The predicted molar refractivity (Wildman–Crippen MR) is 133 cm³/mol. The van der Waals surface area contributed by atoms with Crippen LogP contribution in [0.4, 0.5) is 20.7 Å². The van der Waals surface area contributed by atoms with Crippen molar-refractivity contribution in [2.45, 2.75) is 63.8 Å². The van der Waals surface area contributed by atoms with E-state index in [0.29, 0.717) is 24.3 Å². The van der Waals surface area contributed by atoms with Gasteiger partial charge in [0.25, 0.3) is 5.92 Å². The molecular formula is C24H36F2N8O3. The van der Waals surface area contributed by atoms with Gasteiger partial charge in [-0.2, -0.15) is 4.98 Å². The summed E-state index contributed by atoms with van der Waals surface area (Å²) in [5.41, 5.74) is 5.95. The van der Waals surface area contributed by atoms with Gasteiger partial charge >= 0.3 is 6.01 Å². The molecule has 0 saturated carbocycles. The first-order valence-corrected chi connectivity index (χ1v) is 12.9. The Kier molecular flexibility index (Phi) is 8.72. The highest BCUT2D eigenvalue weighted by molar-refractivity contribution is 5.76. The minimum atomic E-state index is -2.67. The van der Waals surface area contributed by atoms with Crippen LogP contribution in [-0.2, 0) is 4.79 Å². The van der Waals surface area contributed by atoms with Gasteiger partial charge in [-0.25, -0.2) is 18.7 Å². The van der Waals surface area contributed by atoms with E-state index in [-0.39, 0.29) is 30.7 Å². The van der Waals surface area contributed by atoms with Crippen LogP contribution in [0.25, 0.3) is 0 Å². The van der Waals surface area contributed by atoms with E-state index >= 15 is 0 Å². The number of amides is 1. The van der Waals surface area contributed by atoms with Crippen LogP contribution in [0.3, 0.4) is 0 Å². The molecule has 5 heterocycles. The van der Waals surface area contributed by atoms with Crippen LogP contribution >= 0.6 is 0 Å². The fourth-order valence-electron chi connectivity index (χ4n) is 4.31. The third kappa shape index (κ3) is 7.70. The topological polar surface area (TPSA) is 136 Å². The van der Waals surface area contributed by atoms with Gasteiger partial charge in [-0.1, -0.05) is 19.0 Å². The number of carbonyl (C=O) groups is 1. The zero-order chi connectivity index (χ0) is 26.4. The zero-order valence-electron chi connectivity index (χ0n) is 21.4. The van der Waals surface area contributed by atoms with Crippen LogP contribution in [-0.4, -0.2) is 77.3 Å². The summed E-state index contributed by atoms with van der Waals surface area (Å²) in [5, 5.41) is 6.13. The van der Waals surface area contributed by atoms with Crippen LogP contribution < -0.4 is 25.6 Å². The van der Waals surface area contributed by atoms with Gasteiger partial charge in [0.2, 0.25) is 11.9 Å². The van der Waals surface area contributed by atoms with Crippen molar-refractivity contribution in [1.29, 1.82) is 0 Å². The molecule has 1 amide bonds. The Morgan fingerprint density at radius 2 is 1.89 bits per heavy atom. The van der Waals surface area contributed by atoms with E-state index in [2.05, 4.69) is 49.1 Å². The summed E-state index contributed by atoms with van der Waals surface area (Å²) < 4.78 is 35.6. The minimum absolute atomic E-state index is 0.0486. The number of ether oxygens (including phenoxy) is 1. The normalized spacial score (nSPS) is 22.0. The van der Waals surface area contributed by atoms with Crippen LogP contribution in [0.2, 0.25) is 0 Å². The number of halogens is 2. The Morgan fingerprint density at radius 3 is 2.43 bits per heavy atom. The molecule has 3 aliphatic heterocycles. The number of hydrogen-bond donors (Lipinski definition) is 2. The number of piperidine rings is 2. The average Bonchev–Trinajstić information content (AvgIpc) is 3.56. The molecule has 3 N–H and O–H groups in total. The largest absolute Gasteiger partial charge is 0.490 e. The number of carbonyl (C=O) groups excluding carboxylic acids is 1. The Labute approximate surface area is 215 Å². The van der Waals surface area contributed by atoms with Crippen LogP contribution in [0.5, 0.6) is 5.75 Å². The minimum Gasteiger partial charge on any atom is -0.490 e. The summed E-state index contributed by atoms with van der Waals surface area (Å²) in [4.78, 5) is 27.9. The van der Waals surface area contributed by atoms with Gasteiger partial charge in [0.15, 0.2) is 11.6 Å². The van der Waals surface area contributed by atoms with Crippen molar-refractivity contribution in [1.82, 2.24) is 25.4 Å². The van der Waals surface area contributed by atoms with Crippen molar-refractivity contribution in [3.8, 4) is 5.75 Å². The van der Waals surface area contributed by atoms with Gasteiger partial charge < -0.3 is 30.1 Å². The molecule has 11 nitrogen and oxygen atoms in total. The number of aromatic nitrogens is 4. The summed E-state index contributed by atoms with van der Waals surface area (Å²) in [7, 11) is 0. The smallest absolute Gasteiger partial charge is 0.324 e. The summed E-state index contributed by atoms with van der Waals surface area (Å²) >= 11 is 0. The fraction of sp³-hybridized carbons (Fsp3) is 0.708. The molecule has 3 aliphatic rings. The second kappa shape index (κ2) is 12.0. The van der Waals surface area contributed by atoms with E-state index in [1.54, 1.807) is 12.4 Å². The summed E-state index contributed by atoms with van der Waals surface area (Å²) in [6, 6.07) is 0.850. The van der Waals surface area contributed by atoms with Crippen molar-refractivity contribution < 1.29 is 22.8 Å². The van der Waals surface area contributed by atoms with E-state index in [1.807, 2.05) is 0 Å². The quantitative estimate of drug-likeness (QED) is 0.582. The van der Waals surface area contributed by atoms with Crippen molar-refractivity contribution in [2.24, 2.45) is 11.7 Å². The number of hydrogen-bond acceptors (Lipinski definition) is 10. The Morgan fingerprint density at radius 1 is 1.19 bits per heavy atom. The van der Waals surface area contributed by atoms with E-state index in [9.17, 15) is 13.6 Å². The molecule has 0 spiro atoms.